The Bertz CT molecular complexity index is 469. The lowest BCUT2D eigenvalue weighted by atomic mass is 10.1. The Balaban J connectivity index is 2.70. The zero-order valence-corrected chi connectivity index (χ0v) is 12.5. The van der Waals surface area contributed by atoms with Gasteiger partial charge in [-0.2, -0.15) is 0 Å². The van der Waals surface area contributed by atoms with Crippen molar-refractivity contribution in [3.8, 4) is 0 Å². The van der Waals surface area contributed by atoms with Gasteiger partial charge in [0.2, 0.25) is 0 Å². The van der Waals surface area contributed by atoms with Crippen molar-refractivity contribution in [3.63, 3.8) is 0 Å². The molecule has 100 valence electrons. The van der Waals surface area contributed by atoms with Crippen molar-refractivity contribution < 1.29 is 9.36 Å². The summed E-state index contributed by atoms with van der Waals surface area (Å²) in [6, 6.07) is 6.85. The number of nitrogens with one attached hydrogen (secondary N) is 2. The molecule has 0 saturated carbocycles. The molecule has 1 aromatic rings. The van der Waals surface area contributed by atoms with Gasteiger partial charge in [-0.05, 0) is 58.4 Å². The standard InChI is InChI=1S/C13H21N2O2P/c1-13(2,3)15-12(16)14-10-6-8-11(9-7-10)18(4,5)17/h6-9H,1-5H3,(H2,14,15,16). The third kappa shape index (κ3) is 4.92. The van der Waals surface area contributed by atoms with E-state index < -0.39 is 7.14 Å². The highest BCUT2D eigenvalue weighted by Crippen LogP contribution is 2.34. The molecule has 2 N–H and O–H groups in total. The Hall–Kier alpha value is -1.28. The lowest BCUT2D eigenvalue weighted by Crippen LogP contribution is -2.43. The summed E-state index contributed by atoms with van der Waals surface area (Å²) in [5, 5.41) is 6.35. The number of carbonyl (C=O) groups excluding carboxylic acids is 1. The third-order valence-electron chi connectivity index (χ3n) is 2.24. The summed E-state index contributed by atoms with van der Waals surface area (Å²) in [6.45, 7) is 9.20. The van der Waals surface area contributed by atoms with Crippen molar-refractivity contribution >= 4 is 24.2 Å². The maximum absolute atomic E-state index is 11.8. The first kappa shape index (κ1) is 14.8. The van der Waals surface area contributed by atoms with Crippen molar-refractivity contribution in [2.45, 2.75) is 26.3 Å². The molecule has 0 spiro atoms. The second-order valence-corrected chi connectivity index (χ2v) is 8.94. The Labute approximate surface area is 109 Å². The fourth-order valence-electron chi connectivity index (χ4n) is 1.41. The monoisotopic (exact) mass is 268 g/mol. The van der Waals surface area contributed by atoms with Gasteiger partial charge in [-0.1, -0.05) is 0 Å². The van der Waals surface area contributed by atoms with E-state index in [0.717, 1.165) is 5.30 Å². The van der Waals surface area contributed by atoms with Gasteiger partial charge >= 0.3 is 6.03 Å². The normalized spacial score (nSPS) is 12.1. The smallest absolute Gasteiger partial charge is 0.319 e. The van der Waals surface area contributed by atoms with Crippen LogP contribution in [-0.2, 0) is 4.57 Å². The van der Waals surface area contributed by atoms with E-state index in [9.17, 15) is 9.36 Å². The lowest BCUT2D eigenvalue weighted by Gasteiger charge is -2.20. The van der Waals surface area contributed by atoms with E-state index in [4.69, 9.17) is 0 Å². The van der Waals surface area contributed by atoms with Crippen molar-refractivity contribution in [1.82, 2.24) is 5.32 Å². The number of hydrogen-bond acceptors (Lipinski definition) is 2. The van der Waals surface area contributed by atoms with Gasteiger partial charge in [0.15, 0.2) is 0 Å². The van der Waals surface area contributed by atoms with E-state index in [1.807, 2.05) is 20.8 Å². The molecule has 0 atom stereocenters. The van der Waals surface area contributed by atoms with Crippen molar-refractivity contribution in [1.29, 1.82) is 0 Å². The molecule has 1 rings (SSSR count). The highest BCUT2D eigenvalue weighted by molar-refractivity contribution is 7.70. The van der Waals surface area contributed by atoms with E-state index in [0.29, 0.717) is 5.69 Å². The summed E-state index contributed by atoms with van der Waals surface area (Å²) in [6.07, 6.45) is 0. The Morgan fingerprint density at radius 3 is 2.00 bits per heavy atom. The van der Waals surface area contributed by atoms with Gasteiger partial charge in [-0.25, -0.2) is 4.79 Å². The molecular formula is C13H21N2O2P. The molecule has 5 heteroatoms. The van der Waals surface area contributed by atoms with Gasteiger partial charge in [0.25, 0.3) is 0 Å². The van der Waals surface area contributed by atoms with E-state index in [1.165, 1.54) is 0 Å². The largest absolute Gasteiger partial charge is 0.333 e. The number of carbonyl (C=O) groups is 1. The van der Waals surface area contributed by atoms with Crippen LogP contribution in [0.1, 0.15) is 20.8 Å². The molecule has 0 saturated heterocycles. The highest BCUT2D eigenvalue weighted by Gasteiger charge is 2.14. The van der Waals surface area contributed by atoms with Gasteiger partial charge in [0.05, 0.1) is 0 Å². The predicted octanol–water partition coefficient (Wildman–Crippen LogP) is 2.85. The summed E-state index contributed by atoms with van der Waals surface area (Å²) in [7, 11) is -2.23. The third-order valence-corrected chi connectivity index (χ3v) is 3.78. The van der Waals surface area contributed by atoms with Crippen LogP contribution in [0.5, 0.6) is 0 Å². The first-order chi connectivity index (χ1) is 8.08. The van der Waals surface area contributed by atoms with Crippen molar-refractivity contribution in [3.05, 3.63) is 24.3 Å². The fraction of sp³-hybridized carbons (Fsp3) is 0.462. The van der Waals surface area contributed by atoms with Gasteiger partial charge in [-0.15, -0.1) is 0 Å². The zero-order chi connectivity index (χ0) is 14.0. The second-order valence-electron chi connectivity index (χ2n) is 5.73. The van der Waals surface area contributed by atoms with Crippen molar-refractivity contribution in [2.24, 2.45) is 0 Å². The maximum Gasteiger partial charge on any atom is 0.319 e. The minimum Gasteiger partial charge on any atom is -0.333 e. The number of benzene rings is 1. The van der Waals surface area contributed by atoms with Gasteiger partial charge < -0.3 is 15.2 Å². The minimum absolute atomic E-state index is 0.244. The number of urea groups is 1. The molecular weight excluding hydrogens is 247 g/mol. The number of anilines is 1. The van der Waals surface area contributed by atoms with Crippen molar-refractivity contribution in [2.75, 3.05) is 18.6 Å². The quantitative estimate of drug-likeness (QED) is 0.810. The van der Waals surface area contributed by atoms with Crippen LogP contribution in [0.15, 0.2) is 24.3 Å². The van der Waals surface area contributed by atoms with Crippen LogP contribution in [0.3, 0.4) is 0 Å². The fourth-order valence-corrected chi connectivity index (χ4v) is 2.27. The number of rotatable bonds is 2. The molecule has 0 fully saturated rings. The molecule has 0 unspecified atom stereocenters. The number of amides is 2. The molecule has 0 aliphatic carbocycles. The summed E-state index contributed by atoms with van der Waals surface area (Å²) >= 11 is 0. The van der Waals surface area contributed by atoms with E-state index in [2.05, 4.69) is 10.6 Å². The molecule has 0 bridgehead atoms. The highest BCUT2D eigenvalue weighted by atomic mass is 31.2. The minimum atomic E-state index is -2.23. The molecule has 0 aliphatic rings. The van der Waals surface area contributed by atoms with E-state index >= 15 is 0 Å². The first-order valence-electron chi connectivity index (χ1n) is 5.83. The van der Waals surface area contributed by atoms with Crippen LogP contribution in [0.2, 0.25) is 0 Å². The molecule has 4 nitrogen and oxygen atoms in total. The molecule has 18 heavy (non-hydrogen) atoms. The lowest BCUT2D eigenvalue weighted by molar-refractivity contribution is 0.244. The van der Waals surface area contributed by atoms with Crippen LogP contribution >= 0.6 is 7.14 Å². The summed E-state index contributed by atoms with van der Waals surface area (Å²) in [4.78, 5) is 11.6. The summed E-state index contributed by atoms with van der Waals surface area (Å²) in [5.41, 5.74) is 0.418. The first-order valence-corrected chi connectivity index (χ1v) is 8.43. The molecule has 0 heterocycles. The SMILES string of the molecule is CC(C)(C)NC(=O)Nc1ccc(P(C)(C)=O)cc1. The Morgan fingerprint density at radius 2 is 1.61 bits per heavy atom. The van der Waals surface area contributed by atoms with E-state index in [-0.39, 0.29) is 11.6 Å². The zero-order valence-electron chi connectivity index (χ0n) is 11.6. The number of hydrogen-bond donors (Lipinski definition) is 2. The van der Waals surface area contributed by atoms with Gasteiger partial charge in [0, 0.05) is 16.5 Å². The average Bonchev–Trinajstić information content (AvgIpc) is 2.13. The van der Waals surface area contributed by atoms with Crippen LogP contribution < -0.4 is 15.9 Å². The average molecular weight is 268 g/mol. The maximum atomic E-state index is 11.8. The predicted molar refractivity (Wildman–Crippen MR) is 77.4 cm³/mol. The van der Waals surface area contributed by atoms with Crippen LogP contribution in [0.25, 0.3) is 0 Å². The molecule has 0 aromatic heterocycles. The summed E-state index contributed by atoms with van der Waals surface area (Å²) < 4.78 is 11.8. The summed E-state index contributed by atoms with van der Waals surface area (Å²) in [5.74, 6) is 0. The van der Waals surface area contributed by atoms with Crippen LogP contribution in [0, 0.1) is 0 Å². The van der Waals surface area contributed by atoms with Crippen LogP contribution in [-0.4, -0.2) is 24.9 Å². The van der Waals surface area contributed by atoms with Gasteiger partial charge in [-0.3, -0.25) is 0 Å². The topological polar surface area (TPSA) is 58.2 Å². The molecule has 1 aromatic carbocycles. The molecule has 2 amide bonds. The van der Waals surface area contributed by atoms with E-state index in [1.54, 1.807) is 37.6 Å². The van der Waals surface area contributed by atoms with Crippen LogP contribution in [0.4, 0.5) is 10.5 Å². The molecule has 0 radical (unpaired) electrons. The Kier molecular flexibility index (Phi) is 4.23. The van der Waals surface area contributed by atoms with Gasteiger partial charge in [0.1, 0.15) is 7.14 Å². The Morgan fingerprint density at radius 1 is 1.11 bits per heavy atom. The second kappa shape index (κ2) is 5.15. The molecule has 0 aliphatic heterocycles.